The number of benzene rings is 1. The monoisotopic (exact) mass is 404 g/mol. The van der Waals surface area contributed by atoms with Gasteiger partial charge in [-0.05, 0) is 43.0 Å². The normalized spacial score (nSPS) is 13.7. The third-order valence-electron chi connectivity index (χ3n) is 4.84. The molecule has 1 aromatic carbocycles. The summed E-state index contributed by atoms with van der Waals surface area (Å²) in [6.07, 6.45) is 2.83. The molecule has 28 heavy (non-hydrogen) atoms. The number of primary amides is 1. The zero-order chi connectivity index (χ0) is 20.3. The van der Waals surface area contributed by atoms with Crippen LogP contribution in [0.25, 0.3) is 0 Å². The van der Waals surface area contributed by atoms with Crippen molar-refractivity contribution in [2.45, 2.75) is 25.8 Å². The fourth-order valence-electron chi connectivity index (χ4n) is 3.60. The van der Waals surface area contributed by atoms with Gasteiger partial charge in [-0.15, -0.1) is 11.3 Å². The van der Waals surface area contributed by atoms with Gasteiger partial charge in [-0.3, -0.25) is 9.59 Å². The van der Waals surface area contributed by atoms with Crippen molar-refractivity contribution in [1.82, 2.24) is 0 Å². The summed E-state index contributed by atoms with van der Waals surface area (Å²) in [6.45, 7) is 0.923. The number of hydrogen-bond acceptors (Lipinski definition) is 5. The van der Waals surface area contributed by atoms with E-state index in [2.05, 4.69) is 5.32 Å². The number of rotatable bonds is 8. The number of nitrogens with two attached hydrogens (primary N) is 1. The molecule has 4 N–H and O–H groups in total. The summed E-state index contributed by atoms with van der Waals surface area (Å²) in [6, 6.07) is 5.72. The van der Waals surface area contributed by atoms with E-state index < -0.39 is 5.91 Å². The topological polar surface area (TPSA) is 95.1 Å². The first-order valence-corrected chi connectivity index (χ1v) is 10.0. The predicted molar refractivity (Wildman–Crippen MR) is 108 cm³/mol. The average Bonchev–Trinajstić information content (AvgIpc) is 3.21. The molecule has 0 saturated carbocycles. The van der Waals surface area contributed by atoms with Crippen LogP contribution in [-0.4, -0.2) is 39.6 Å². The number of anilines is 1. The van der Waals surface area contributed by atoms with E-state index in [0.717, 1.165) is 40.2 Å². The van der Waals surface area contributed by atoms with Crippen LogP contribution in [0.3, 0.4) is 0 Å². The molecule has 2 amide bonds. The van der Waals surface area contributed by atoms with Crippen molar-refractivity contribution in [1.29, 1.82) is 0 Å². The molecule has 1 aromatic heterocycles. The Morgan fingerprint density at radius 1 is 1.21 bits per heavy atom. The highest BCUT2D eigenvalue weighted by molar-refractivity contribution is 7.17. The Morgan fingerprint density at radius 3 is 2.64 bits per heavy atom. The fraction of sp³-hybridized carbons (Fsp3) is 0.400. The molecule has 2 aromatic rings. The number of aryl methyl sites for hydroxylation is 1. The van der Waals surface area contributed by atoms with Gasteiger partial charge < -0.3 is 25.4 Å². The van der Waals surface area contributed by atoms with Gasteiger partial charge in [-0.25, -0.2) is 0 Å². The van der Waals surface area contributed by atoms with Crippen LogP contribution in [0.4, 0.5) is 5.00 Å². The summed E-state index contributed by atoms with van der Waals surface area (Å²) in [5.74, 6) is 0.726. The van der Waals surface area contributed by atoms with Crippen LogP contribution >= 0.6 is 11.3 Å². The van der Waals surface area contributed by atoms with Crippen LogP contribution in [0.2, 0.25) is 0 Å². The van der Waals surface area contributed by atoms with E-state index in [-0.39, 0.29) is 12.5 Å². The molecule has 0 fully saturated rings. The zero-order valence-electron chi connectivity index (χ0n) is 16.4. The second-order valence-corrected chi connectivity index (χ2v) is 8.08. The number of carbonyl (C=O) groups is 2. The summed E-state index contributed by atoms with van der Waals surface area (Å²) in [4.78, 5) is 26.5. The first-order valence-electron chi connectivity index (χ1n) is 9.19. The van der Waals surface area contributed by atoms with Crippen molar-refractivity contribution in [3.63, 3.8) is 0 Å². The van der Waals surface area contributed by atoms with E-state index in [9.17, 15) is 9.59 Å². The van der Waals surface area contributed by atoms with Gasteiger partial charge >= 0.3 is 0 Å². The first-order chi connectivity index (χ1) is 13.4. The van der Waals surface area contributed by atoms with Crippen molar-refractivity contribution in [3.05, 3.63) is 39.8 Å². The maximum absolute atomic E-state index is 12.5. The molecule has 7 nitrogen and oxygen atoms in total. The molecule has 8 heteroatoms. The quantitative estimate of drug-likeness (QED) is 0.612. The minimum absolute atomic E-state index is 0.139. The number of thiophene rings is 1. The third-order valence-corrected chi connectivity index (χ3v) is 6.04. The zero-order valence-corrected chi connectivity index (χ0v) is 17.2. The Hall–Kier alpha value is -2.58. The minimum atomic E-state index is -0.472. The standard InChI is InChI=1S/C20H25N3O4S/c1-23(10-12-7-8-14(26-2)15(9-12)27-3)11-17(24)22-20-18(19(21)25)13-5-4-6-16(13)28-20/h7-9H,4-6,10-11H2,1-3H3,(H2,21,25)(H,22,24)/p+1. The number of fused-ring (bicyclic) bond motifs is 1. The van der Waals surface area contributed by atoms with Crippen LogP contribution in [0, 0.1) is 0 Å². The van der Waals surface area contributed by atoms with Crippen molar-refractivity contribution in [2.75, 3.05) is 33.1 Å². The lowest BCUT2D eigenvalue weighted by molar-refractivity contribution is -0.885. The molecular weight excluding hydrogens is 378 g/mol. The molecule has 150 valence electrons. The third kappa shape index (κ3) is 4.28. The lowest BCUT2D eigenvalue weighted by atomic mass is 10.1. The molecular formula is C20H26N3O4S+. The lowest BCUT2D eigenvalue weighted by Crippen LogP contribution is -3.08. The minimum Gasteiger partial charge on any atom is -0.493 e. The highest BCUT2D eigenvalue weighted by Crippen LogP contribution is 2.38. The largest absolute Gasteiger partial charge is 0.493 e. The Morgan fingerprint density at radius 2 is 1.96 bits per heavy atom. The fourth-order valence-corrected chi connectivity index (χ4v) is 4.91. The lowest BCUT2D eigenvalue weighted by Gasteiger charge is -2.15. The Labute approximate surface area is 168 Å². The van der Waals surface area contributed by atoms with Crippen LogP contribution < -0.4 is 25.4 Å². The molecule has 0 bridgehead atoms. The number of methoxy groups -OCH3 is 2. The molecule has 0 aliphatic heterocycles. The number of likely N-dealkylation sites (N-methyl/N-ethyl adjacent to an activating group) is 1. The molecule has 1 unspecified atom stereocenters. The number of quaternary nitrogens is 1. The van der Waals surface area contributed by atoms with Gasteiger partial charge in [0.2, 0.25) is 0 Å². The molecule has 1 aliphatic carbocycles. The SMILES string of the molecule is COc1ccc(C[NH+](C)CC(=O)Nc2sc3c(c2C(N)=O)CCC3)cc1OC. The van der Waals surface area contributed by atoms with E-state index in [0.29, 0.717) is 28.6 Å². The number of nitrogens with one attached hydrogen (secondary N) is 2. The van der Waals surface area contributed by atoms with E-state index in [1.54, 1.807) is 14.2 Å². The maximum Gasteiger partial charge on any atom is 0.280 e. The Balaban J connectivity index is 1.63. The van der Waals surface area contributed by atoms with Crippen LogP contribution in [0.1, 0.15) is 32.8 Å². The molecule has 3 rings (SSSR count). The second kappa shape index (κ2) is 8.62. The summed E-state index contributed by atoms with van der Waals surface area (Å²) < 4.78 is 10.6. The van der Waals surface area contributed by atoms with Crippen LogP contribution in [0.5, 0.6) is 11.5 Å². The van der Waals surface area contributed by atoms with Crippen LogP contribution in [0.15, 0.2) is 18.2 Å². The van der Waals surface area contributed by atoms with Crippen molar-refractivity contribution >= 4 is 28.2 Å². The van der Waals surface area contributed by atoms with Gasteiger partial charge in [0, 0.05) is 10.4 Å². The molecule has 1 heterocycles. The first kappa shape index (κ1) is 20.2. The highest BCUT2D eigenvalue weighted by Gasteiger charge is 2.26. The molecule has 0 radical (unpaired) electrons. The van der Waals surface area contributed by atoms with Crippen molar-refractivity contribution in [3.8, 4) is 11.5 Å². The van der Waals surface area contributed by atoms with Gasteiger partial charge in [0.25, 0.3) is 11.8 Å². The van der Waals surface area contributed by atoms with E-state index in [1.165, 1.54) is 11.3 Å². The maximum atomic E-state index is 12.5. The highest BCUT2D eigenvalue weighted by atomic mass is 32.1. The Kier molecular flexibility index (Phi) is 6.21. The van der Waals surface area contributed by atoms with Gasteiger partial charge in [0.15, 0.2) is 18.0 Å². The molecule has 1 aliphatic rings. The Bertz CT molecular complexity index is 894. The number of amides is 2. The number of hydrogen-bond donors (Lipinski definition) is 3. The second-order valence-electron chi connectivity index (χ2n) is 6.97. The van der Waals surface area contributed by atoms with Crippen molar-refractivity contribution in [2.24, 2.45) is 5.73 Å². The summed E-state index contributed by atoms with van der Waals surface area (Å²) in [7, 11) is 5.14. The van der Waals surface area contributed by atoms with E-state index in [4.69, 9.17) is 15.2 Å². The predicted octanol–water partition coefficient (Wildman–Crippen LogP) is 1.01. The molecule has 0 spiro atoms. The van der Waals surface area contributed by atoms with E-state index >= 15 is 0 Å². The van der Waals surface area contributed by atoms with Gasteiger partial charge in [-0.1, -0.05) is 0 Å². The smallest absolute Gasteiger partial charge is 0.280 e. The summed E-state index contributed by atoms with van der Waals surface area (Å²) in [5.41, 5.74) is 8.09. The van der Waals surface area contributed by atoms with Crippen molar-refractivity contribution < 1.29 is 24.0 Å². The molecule has 1 atom stereocenters. The molecule has 0 saturated heterocycles. The average molecular weight is 405 g/mol. The van der Waals surface area contributed by atoms with Gasteiger partial charge in [0.1, 0.15) is 11.5 Å². The van der Waals surface area contributed by atoms with Gasteiger partial charge in [0.05, 0.1) is 26.8 Å². The summed E-state index contributed by atoms with van der Waals surface area (Å²) in [5, 5.41) is 3.48. The van der Waals surface area contributed by atoms with Gasteiger partial charge in [-0.2, -0.15) is 0 Å². The van der Waals surface area contributed by atoms with E-state index in [1.807, 2.05) is 25.2 Å². The number of ether oxygens (including phenoxy) is 2. The van der Waals surface area contributed by atoms with Crippen LogP contribution in [-0.2, 0) is 24.2 Å². The number of carbonyl (C=O) groups excluding carboxylic acids is 2. The summed E-state index contributed by atoms with van der Waals surface area (Å²) >= 11 is 1.47.